The summed E-state index contributed by atoms with van der Waals surface area (Å²) in [6.45, 7) is 8.79. The van der Waals surface area contributed by atoms with E-state index < -0.39 is 24.4 Å². The maximum atomic E-state index is 13.6. The van der Waals surface area contributed by atoms with Crippen molar-refractivity contribution in [1.29, 1.82) is 0 Å². The van der Waals surface area contributed by atoms with Gasteiger partial charge in [-0.3, -0.25) is 4.79 Å². The summed E-state index contributed by atoms with van der Waals surface area (Å²) in [5, 5.41) is 10.5. The molecule has 2 saturated heterocycles. The first-order valence-electron chi connectivity index (χ1n) is 19.6. The number of imidazole rings is 2. The molecule has 2 aliphatic heterocycles. The van der Waals surface area contributed by atoms with Gasteiger partial charge in [0.25, 0.3) is 0 Å². The first-order valence-corrected chi connectivity index (χ1v) is 19.6. The molecule has 0 unspecified atom stereocenters. The number of hydrogen-bond acceptors (Lipinski definition) is 8. The lowest BCUT2D eigenvalue weighted by molar-refractivity contribution is -0.135. The number of carbonyl (C=O) groups is 4. The number of benzene rings is 3. The van der Waals surface area contributed by atoms with Crippen LogP contribution in [0.1, 0.15) is 77.1 Å². The fourth-order valence-corrected chi connectivity index (χ4v) is 7.97. The molecule has 4 atom stereocenters. The molecule has 3 aromatic carbocycles. The molecular weight excluding hydrogens is 727 g/mol. The number of aromatic amines is 2. The molecule has 5 aromatic rings. The normalized spacial score (nSPS) is 18.0. The molecule has 7 rings (SSSR count). The Labute approximate surface area is 331 Å². The van der Waals surface area contributed by atoms with Crippen molar-refractivity contribution in [2.75, 3.05) is 27.3 Å². The van der Waals surface area contributed by atoms with Crippen molar-refractivity contribution < 1.29 is 28.7 Å². The van der Waals surface area contributed by atoms with Crippen molar-refractivity contribution in [2.24, 2.45) is 11.8 Å². The Hall–Kier alpha value is -6.12. The Balaban J connectivity index is 1.09. The SMILES string of the molecule is COC(=O)N[C@H](NC(=O)N1CCC[C@H]1c1nc2ccc(-c3cccc4cc(-c5cnc([C@@H]6CCCN6C(=O)[C@@H](NC(=O)OC)C(C)C)[nH]5)ccc34)cc2[nH]1)C(C)C. The van der Waals surface area contributed by atoms with Gasteiger partial charge in [-0.05, 0) is 77.6 Å². The second-order valence-corrected chi connectivity index (χ2v) is 15.5. The number of H-pyrrole nitrogens is 2. The van der Waals surface area contributed by atoms with Crippen LogP contribution < -0.4 is 16.0 Å². The van der Waals surface area contributed by atoms with Crippen LogP contribution in [0.25, 0.3) is 44.2 Å². The topological polar surface area (TPSA) is 187 Å². The van der Waals surface area contributed by atoms with Crippen LogP contribution in [0.15, 0.2) is 60.8 Å². The number of alkyl carbamates (subject to hydrolysis) is 2. The molecule has 57 heavy (non-hydrogen) atoms. The highest BCUT2D eigenvalue weighted by Crippen LogP contribution is 2.37. The van der Waals surface area contributed by atoms with E-state index in [1.165, 1.54) is 14.2 Å². The second-order valence-electron chi connectivity index (χ2n) is 15.5. The van der Waals surface area contributed by atoms with Gasteiger partial charge < -0.3 is 45.2 Å². The number of rotatable bonds is 10. The van der Waals surface area contributed by atoms with E-state index in [0.717, 1.165) is 75.7 Å². The van der Waals surface area contributed by atoms with Gasteiger partial charge in [0.2, 0.25) is 5.91 Å². The van der Waals surface area contributed by atoms with E-state index in [1.807, 2.05) is 50.9 Å². The number of ether oxygens (including phenoxy) is 2. The standard InChI is InChI=1S/C42H51N9O6/c1-23(2)35(47-41(54)56-5)39(52)50-18-8-12-33(50)37-43-22-32(46-37)27-14-16-29-25(20-27)10-7-11-28(29)26-15-17-30-31(21-26)45-38(44-30)34-13-9-19-51(34)40(53)48-36(24(3)4)49-42(55)57-6/h7,10-11,14-17,20-24,33-36H,8-9,12-13,18-19H2,1-6H3,(H,43,46)(H,44,45)(H,47,54)(H,48,53)(H,49,55)/t33-,34-,35-,36-/m0/s1. The maximum Gasteiger partial charge on any atom is 0.408 e. The summed E-state index contributed by atoms with van der Waals surface area (Å²) in [6.07, 6.45) is 3.22. The summed E-state index contributed by atoms with van der Waals surface area (Å²) < 4.78 is 9.52. The third-order valence-corrected chi connectivity index (χ3v) is 11.1. The van der Waals surface area contributed by atoms with Crippen molar-refractivity contribution in [1.82, 2.24) is 45.7 Å². The minimum Gasteiger partial charge on any atom is -0.453 e. The molecule has 5 N–H and O–H groups in total. The summed E-state index contributed by atoms with van der Waals surface area (Å²) in [5.74, 6) is 1.13. The lowest BCUT2D eigenvalue weighted by atomic mass is 9.96. The number of fused-ring (bicyclic) bond motifs is 2. The van der Waals surface area contributed by atoms with E-state index in [9.17, 15) is 19.2 Å². The van der Waals surface area contributed by atoms with Crippen molar-refractivity contribution >= 4 is 45.9 Å². The van der Waals surface area contributed by atoms with Gasteiger partial charge in [0.05, 0.1) is 49.2 Å². The van der Waals surface area contributed by atoms with Crippen LogP contribution >= 0.6 is 0 Å². The van der Waals surface area contributed by atoms with Crippen LogP contribution in [0.4, 0.5) is 14.4 Å². The lowest BCUT2D eigenvalue weighted by Gasteiger charge is -2.30. The van der Waals surface area contributed by atoms with E-state index in [1.54, 1.807) is 4.90 Å². The molecule has 2 fully saturated rings. The molecule has 300 valence electrons. The van der Waals surface area contributed by atoms with Gasteiger partial charge in [-0.1, -0.05) is 64.1 Å². The Bertz CT molecular complexity index is 2280. The molecule has 5 amide bonds. The number of hydrogen-bond donors (Lipinski definition) is 5. The van der Waals surface area contributed by atoms with Crippen LogP contribution in [-0.4, -0.2) is 93.4 Å². The molecule has 15 heteroatoms. The molecule has 0 spiro atoms. The first kappa shape index (κ1) is 39.1. The van der Waals surface area contributed by atoms with Crippen LogP contribution in [0, 0.1) is 11.8 Å². The summed E-state index contributed by atoms with van der Waals surface area (Å²) in [6, 6.07) is 17.3. The van der Waals surface area contributed by atoms with E-state index in [0.29, 0.717) is 18.9 Å². The molecule has 0 aliphatic carbocycles. The van der Waals surface area contributed by atoms with E-state index >= 15 is 0 Å². The van der Waals surface area contributed by atoms with Crippen molar-refractivity contribution in [3.8, 4) is 22.4 Å². The number of aromatic nitrogens is 4. The van der Waals surface area contributed by atoms with E-state index in [-0.39, 0.29) is 35.9 Å². The molecule has 2 aliphatic rings. The first-order chi connectivity index (χ1) is 27.4. The maximum absolute atomic E-state index is 13.6. The zero-order valence-corrected chi connectivity index (χ0v) is 33.2. The number of amides is 5. The third-order valence-electron chi connectivity index (χ3n) is 11.1. The van der Waals surface area contributed by atoms with Gasteiger partial charge >= 0.3 is 18.2 Å². The van der Waals surface area contributed by atoms with Crippen LogP contribution in [-0.2, 0) is 14.3 Å². The molecule has 0 bridgehead atoms. The zero-order chi connectivity index (χ0) is 40.4. The Kier molecular flexibility index (Phi) is 11.4. The fraction of sp³-hybridized carbons (Fsp3) is 0.429. The highest BCUT2D eigenvalue weighted by molar-refractivity contribution is 6.00. The highest BCUT2D eigenvalue weighted by atomic mass is 16.5. The highest BCUT2D eigenvalue weighted by Gasteiger charge is 2.38. The average Bonchev–Trinajstić information content (AvgIpc) is 4.04. The number of methoxy groups -OCH3 is 2. The van der Waals surface area contributed by atoms with Gasteiger partial charge in [0.15, 0.2) is 0 Å². The molecule has 2 aromatic heterocycles. The summed E-state index contributed by atoms with van der Waals surface area (Å²) in [4.78, 5) is 71.1. The van der Waals surface area contributed by atoms with Crippen molar-refractivity contribution in [3.05, 3.63) is 72.4 Å². The number of likely N-dealkylation sites (tertiary alicyclic amines) is 2. The summed E-state index contributed by atoms with van der Waals surface area (Å²) in [7, 11) is 2.58. The Morgan fingerprint density at radius 3 is 2.19 bits per heavy atom. The predicted octanol–water partition coefficient (Wildman–Crippen LogP) is 7.00. The molecule has 4 heterocycles. The largest absolute Gasteiger partial charge is 0.453 e. The molecular formula is C42H51N9O6. The quantitative estimate of drug-likeness (QED) is 0.0938. The average molecular weight is 778 g/mol. The fourth-order valence-electron chi connectivity index (χ4n) is 7.97. The summed E-state index contributed by atoms with van der Waals surface area (Å²) in [5.41, 5.74) is 5.62. The number of urea groups is 1. The number of nitrogens with one attached hydrogen (secondary N) is 5. The van der Waals surface area contributed by atoms with Gasteiger partial charge in [-0.2, -0.15) is 0 Å². The minimum atomic E-state index is -0.698. The van der Waals surface area contributed by atoms with Crippen molar-refractivity contribution in [2.45, 2.75) is 77.7 Å². The zero-order valence-electron chi connectivity index (χ0n) is 33.2. The minimum absolute atomic E-state index is 0.0489. The van der Waals surface area contributed by atoms with Gasteiger partial charge in [0, 0.05) is 18.7 Å². The van der Waals surface area contributed by atoms with Crippen LogP contribution in [0.5, 0.6) is 0 Å². The van der Waals surface area contributed by atoms with Crippen LogP contribution in [0.3, 0.4) is 0 Å². The number of nitrogens with zero attached hydrogens (tertiary/aromatic N) is 4. The molecule has 0 radical (unpaired) electrons. The second kappa shape index (κ2) is 16.5. The number of carbonyl (C=O) groups excluding carboxylic acids is 4. The molecule has 0 saturated carbocycles. The summed E-state index contributed by atoms with van der Waals surface area (Å²) >= 11 is 0. The van der Waals surface area contributed by atoms with Crippen molar-refractivity contribution in [3.63, 3.8) is 0 Å². The van der Waals surface area contributed by atoms with Gasteiger partial charge in [-0.25, -0.2) is 24.4 Å². The predicted molar refractivity (Wildman–Crippen MR) is 216 cm³/mol. The smallest absolute Gasteiger partial charge is 0.408 e. The molecule has 15 nitrogen and oxygen atoms in total. The van der Waals surface area contributed by atoms with E-state index in [2.05, 4.69) is 68.4 Å². The third kappa shape index (κ3) is 8.09. The van der Waals surface area contributed by atoms with Crippen LogP contribution in [0.2, 0.25) is 0 Å². The Morgan fingerprint density at radius 1 is 0.772 bits per heavy atom. The Morgan fingerprint density at radius 2 is 1.47 bits per heavy atom. The van der Waals surface area contributed by atoms with Gasteiger partial charge in [-0.15, -0.1) is 0 Å². The van der Waals surface area contributed by atoms with Gasteiger partial charge in [0.1, 0.15) is 23.9 Å². The van der Waals surface area contributed by atoms with E-state index in [4.69, 9.17) is 19.4 Å². The lowest BCUT2D eigenvalue weighted by Crippen LogP contribution is -2.54. The monoisotopic (exact) mass is 777 g/mol.